The predicted octanol–water partition coefficient (Wildman–Crippen LogP) is 3.22. The van der Waals surface area contributed by atoms with Crippen LogP contribution in [-0.4, -0.2) is 5.78 Å². The van der Waals surface area contributed by atoms with Crippen LogP contribution in [0.4, 0.5) is 0 Å². The lowest BCUT2D eigenvalue weighted by Crippen LogP contribution is -2.13. The highest BCUT2D eigenvalue weighted by molar-refractivity contribution is 5.80. The van der Waals surface area contributed by atoms with Crippen molar-refractivity contribution in [1.29, 1.82) is 0 Å². The molecule has 0 aliphatic heterocycles. The van der Waals surface area contributed by atoms with Crippen LogP contribution >= 0.6 is 0 Å². The number of aryl methyl sites for hydroxylation is 1. The van der Waals surface area contributed by atoms with Crippen LogP contribution < -0.4 is 0 Å². The maximum atomic E-state index is 11.3. The van der Waals surface area contributed by atoms with Crippen LogP contribution in [0.25, 0.3) is 0 Å². The fraction of sp³-hybridized carbons (Fsp3) is 0.462. The van der Waals surface area contributed by atoms with Crippen LogP contribution in [0, 0.1) is 6.92 Å². The third-order valence-corrected chi connectivity index (χ3v) is 3.03. The average Bonchev–Trinajstić information content (AvgIpc) is 2.19. The Morgan fingerprint density at radius 3 is 2.57 bits per heavy atom. The molecule has 14 heavy (non-hydrogen) atoms. The average molecular weight is 188 g/mol. The van der Waals surface area contributed by atoms with Gasteiger partial charge in [0.05, 0.1) is 0 Å². The smallest absolute Gasteiger partial charge is 0.133 e. The topological polar surface area (TPSA) is 17.1 Å². The van der Waals surface area contributed by atoms with Crippen molar-refractivity contribution >= 4 is 5.78 Å². The van der Waals surface area contributed by atoms with Crippen LogP contribution in [0.5, 0.6) is 0 Å². The molecule has 0 N–H and O–H groups in total. The Balaban J connectivity index is 2.14. The van der Waals surface area contributed by atoms with Gasteiger partial charge in [-0.2, -0.15) is 0 Å². The number of carbonyl (C=O) groups is 1. The van der Waals surface area contributed by atoms with Gasteiger partial charge in [0.15, 0.2) is 0 Å². The monoisotopic (exact) mass is 188 g/mol. The van der Waals surface area contributed by atoms with Crippen LogP contribution in [-0.2, 0) is 4.79 Å². The Bertz CT molecular complexity index is 324. The molecule has 2 rings (SSSR count). The molecule has 0 saturated heterocycles. The number of rotatable bonds is 1. The van der Waals surface area contributed by atoms with Gasteiger partial charge in [-0.05, 0) is 31.2 Å². The van der Waals surface area contributed by atoms with Crippen molar-refractivity contribution in [2.45, 2.75) is 38.5 Å². The Hall–Kier alpha value is -1.11. The van der Waals surface area contributed by atoms with Crippen LogP contribution in [0.1, 0.15) is 42.7 Å². The molecule has 1 aliphatic rings. The van der Waals surface area contributed by atoms with Gasteiger partial charge >= 0.3 is 0 Å². The second-order valence-corrected chi connectivity index (χ2v) is 4.24. The van der Waals surface area contributed by atoms with Gasteiger partial charge in [-0.1, -0.05) is 29.8 Å². The van der Waals surface area contributed by atoms with Gasteiger partial charge in [0.2, 0.25) is 0 Å². The molecule has 1 nitrogen and oxygen atoms in total. The van der Waals surface area contributed by atoms with Gasteiger partial charge in [-0.15, -0.1) is 0 Å². The standard InChI is InChI=1S/C13H16O/c1-10-5-7-11(8-6-10)12-3-2-4-13(14)9-12/h5-8,12H,2-4,9H2,1H3/t12-/m1/s1. The Kier molecular flexibility index (Phi) is 2.67. The molecule has 1 fully saturated rings. The first-order valence-electron chi connectivity index (χ1n) is 5.34. The number of benzene rings is 1. The summed E-state index contributed by atoms with van der Waals surface area (Å²) in [5.41, 5.74) is 2.62. The zero-order valence-electron chi connectivity index (χ0n) is 8.62. The molecule has 0 aromatic heterocycles. The van der Waals surface area contributed by atoms with Gasteiger partial charge in [0, 0.05) is 12.8 Å². The molecule has 0 heterocycles. The highest BCUT2D eigenvalue weighted by Crippen LogP contribution is 2.30. The molecule has 1 heteroatoms. The van der Waals surface area contributed by atoms with Crippen LogP contribution in [0.3, 0.4) is 0 Å². The first kappa shape index (κ1) is 9.45. The van der Waals surface area contributed by atoms with Gasteiger partial charge in [0.1, 0.15) is 5.78 Å². The summed E-state index contributed by atoms with van der Waals surface area (Å²) in [6.07, 6.45) is 3.79. The molecule has 1 aromatic rings. The lowest BCUT2D eigenvalue weighted by molar-refractivity contribution is -0.120. The van der Waals surface area contributed by atoms with E-state index < -0.39 is 0 Å². The number of carbonyl (C=O) groups excluding carboxylic acids is 1. The zero-order chi connectivity index (χ0) is 9.97. The van der Waals surface area contributed by atoms with Crippen molar-refractivity contribution < 1.29 is 4.79 Å². The van der Waals surface area contributed by atoms with Gasteiger partial charge < -0.3 is 0 Å². The van der Waals surface area contributed by atoms with Gasteiger partial charge in [-0.3, -0.25) is 4.79 Å². The van der Waals surface area contributed by atoms with Gasteiger partial charge in [-0.25, -0.2) is 0 Å². The van der Waals surface area contributed by atoms with Crippen molar-refractivity contribution in [2.75, 3.05) is 0 Å². The third kappa shape index (κ3) is 2.03. The van der Waals surface area contributed by atoms with E-state index in [0.29, 0.717) is 11.7 Å². The molecule has 0 spiro atoms. The molecule has 1 saturated carbocycles. The van der Waals surface area contributed by atoms with E-state index in [1.165, 1.54) is 17.5 Å². The molecule has 0 bridgehead atoms. The van der Waals surface area contributed by atoms with E-state index in [4.69, 9.17) is 0 Å². The minimum atomic E-state index is 0.432. The summed E-state index contributed by atoms with van der Waals surface area (Å²) < 4.78 is 0. The van der Waals surface area contributed by atoms with Crippen molar-refractivity contribution in [3.05, 3.63) is 35.4 Å². The van der Waals surface area contributed by atoms with Crippen molar-refractivity contribution in [2.24, 2.45) is 0 Å². The molecule has 1 aromatic carbocycles. The fourth-order valence-corrected chi connectivity index (χ4v) is 2.15. The molecular weight excluding hydrogens is 172 g/mol. The molecule has 0 unspecified atom stereocenters. The fourth-order valence-electron chi connectivity index (χ4n) is 2.15. The van der Waals surface area contributed by atoms with E-state index in [2.05, 4.69) is 31.2 Å². The Morgan fingerprint density at radius 2 is 1.93 bits per heavy atom. The third-order valence-electron chi connectivity index (χ3n) is 3.03. The lowest BCUT2D eigenvalue weighted by atomic mass is 9.83. The summed E-state index contributed by atoms with van der Waals surface area (Å²) in [5.74, 6) is 0.915. The van der Waals surface area contributed by atoms with E-state index in [0.717, 1.165) is 19.3 Å². The molecular formula is C13H16O. The van der Waals surface area contributed by atoms with Crippen molar-refractivity contribution in [1.82, 2.24) is 0 Å². The minimum Gasteiger partial charge on any atom is -0.300 e. The molecule has 74 valence electrons. The second kappa shape index (κ2) is 3.95. The van der Waals surface area contributed by atoms with Crippen molar-refractivity contribution in [3.8, 4) is 0 Å². The van der Waals surface area contributed by atoms with E-state index in [9.17, 15) is 4.79 Å². The second-order valence-electron chi connectivity index (χ2n) is 4.24. The maximum Gasteiger partial charge on any atom is 0.133 e. The number of ketones is 1. The lowest BCUT2D eigenvalue weighted by Gasteiger charge is -2.21. The minimum absolute atomic E-state index is 0.432. The molecule has 1 aliphatic carbocycles. The summed E-state index contributed by atoms with van der Waals surface area (Å²) in [7, 11) is 0. The van der Waals surface area contributed by atoms with E-state index in [1.807, 2.05) is 0 Å². The van der Waals surface area contributed by atoms with Crippen molar-refractivity contribution in [3.63, 3.8) is 0 Å². The first-order chi connectivity index (χ1) is 6.75. The number of hydrogen-bond donors (Lipinski definition) is 0. The Labute approximate surface area is 85.1 Å². The zero-order valence-corrected chi connectivity index (χ0v) is 8.62. The largest absolute Gasteiger partial charge is 0.300 e. The van der Waals surface area contributed by atoms with E-state index in [1.54, 1.807) is 0 Å². The van der Waals surface area contributed by atoms with Crippen LogP contribution in [0.15, 0.2) is 24.3 Å². The summed E-state index contributed by atoms with van der Waals surface area (Å²) in [6, 6.07) is 8.60. The van der Waals surface area contributed by atoms with Gasteiger partial charge in [0.25, 0.3) is 0 Å². The molecule has 0 amide bonds. The number of hydrogen-bond acceptors (Lipinski definition) is 1. The quantitative estimate of drug-likeness (QED) is 0.661. The highest BCUT2D eigenvalue weighted by Gasteiger charge is 2.20. The number of Topliss-reactive ketones (excluding diaryl/α,β-unsaturated/α-hetero) is 1. The van der Waals surface area contributed by atoms with E-state index in [-0.39, 0.29) is 0 Å². The molecule has 0 radical (unpaired) electrons. The SMILES string of the molecule is Cc1ccc([C@@H]2CCCC(=O)C2)cc1. The predicted molar refractivity (Wildman–Crippen MR) is 57.4 cm³/mol. The normalized spacial score (nSPS) is 22.4. The highest BCUT2D eigenvalue weighted by atomic mass is 16.1. The summed E-state index contributed by atoms with van der Waals surface area (Å²) >= 11 is 0. The summed E-state index contributed by atoms with van der Waals surface area (Å²) in [6.45, 7) is 2.09. The first-order valence-corrected chi connectivity index (χ1v) is 5.34. The van der Waals surface area contributed by atoms with E-state index >= 15 is 0 Å². The summed E-state index contributed by atoms with van der Waals surface area (Å²) in [5, 5.41) is 0. The summed E-state index contributed by atoms with van der Waals surface area (Å²) in [4.78, 5) is 11.3. The van der Waals surface area contributed by atoms with Crippen LogP contribution in [0.2, 0.25) is 0 Å². The maximum absolute atomic E-state index is 11.3. The molecule has 1 atom stereocenters. The Morgan fingerprint density at radius 1 is 1.21 bits per heavy atom.